The van der Waals surface area contributed by atoms with Crippen molar-refractivity contribution in [2.75, 3.05) is 60.3 Å². The van der Waals surface area contributed by atoms with E-state index in [0.29, 0.717) is 30.5 Å². The van der Waals surface area contributed by atoms with E-state index >= 15 is 0 Å². The third-order valence-electron chi connectivity index (χ3n) is 6.25. The van der Waals surface area contributed by atoms with Gasteiger partial charge in [0.2, 0.25) is 11.9 Å². The van der Waals surface area contributed by atoms with Crippen LogP contribution in [0.15, 0.2) is 42.7 Å². The molecular formula is C25H30N8O2. The molecule has 3 aromatic rings. The summed E-state index contributed by atoms with van der Waals surface area (Å²) in [5, 5.41) is 10.0. The zero-order valence-electron chi connectivity index (χ0n) is 20.0. The van der Waals surface area contributed by atoms with Gasteiger partial charge < -0.3 is 25.6 Å². The molecule has 10 nitrogen and oxygen atoms in total. The highest BCUT2D eigenvalue weighted by Gasteiger charge is 2.25. The monoisotopic (exact) mass is 474 g/mol. The maximum absolute atomic E-state index is 12.3. The third kappa shape index (κ3) is 4.97. The van der Waals surface area contributed by atoms with Gasteiger partial charge in [0, 0.05) is 68.9 Å². The lowest BCUT2D eigenvalue weighted by molar-refractivity contribution is -0.117. The van der Waals surface area contributed by atoms with Crippen LogP contribution in [0.5, 0.6) is 5.75 Å². The van der Waals surface area contributed by atoms with Crippen molar-refractivity contribution in [3.63, 3.8) is 0 Å². The first-order valence-electron chi connectivity index (χ1n) is 11.9. The number of pyridine rings is 1. The van der Waals surface area contributed by atoms with Crippen LogP contribution in [0.25, 0.3) is 0 Å². The van der Waals surface area contributed by atoms with Crippen LogP contribution < -0.4 is 30.5 Å². The predicted molar refractivity (Wildman–Crippen MR) is 137 cm³/mol. The number of aromatic nitrogens is 3. The average molecular weight is 475 g/mol. The van der Waals surface area contributed by atoms with E-state index in [1.807, 2.05) is 31.2 Å². The molecular weight excluding hydrogens is 444 g/mol. The molecule has 1 amide bonds. The van der Waals surface area contributed by atoms with Crippen molar-refractivity contribution in [3.05, 3.63) is 48.3 Å². The molecule has 4 heterocycles. The molecule has 0 radical (unpaired) electrons. The highest BCUT2D eigenvalue weighted by molar-refractivity contribution is 5.97. The number of hydrogen-bond acceptors (Lipinski definition) is 9. The molecule has 3 N–H and O–H groups in total. The summed E-state index contributed by atoms with van der Waals surface area (Å²) in [7, 11) is 1.66. The molecule has 10 heteroatoms. The highest BCUT2D eigenvalue weighted by Crippen LogP contribution is 2.33. The third-order valence-corrected chi connectivity index (χ3v) is 6.25. The Balaban J connectivity index is 1.37. The number of nitrogens with zero attached hydrogens (tertiary/aromatic N) is 5. The molecule has 2 saturated heterocycles. The van der Waals surface area contributed by atoms with Crippen LogP contribution in [0.3, 0.4) is 0 Å². The van der Waals surface area contributed by atoms with Crippen molar-refractivity contribution in [2.45, 2.75) is 19.8 Å². The van der Waals surface area contributed by atoms with E-state index in [4.69, 9.17) is 9.72 Å². The first-order valence-corrected chi connectivity index (χ1v) is 11.9. The molecule has 5 rings (SSSR count). The first kappa shape index (κ1) is 22.9. The van der Waals surface area contributed by atoms with E-state index in [-0.39, 0.29) is 5.91 Å². The Morgan fingerprint density at radius 1 is 1.06 bits per heavy atom. The number of amides is 1. The molecule has 2 aromatic heterocycles. The average Bonchev–Trinajstić information content (AvgIpc) is 3.32. The summed E-state index contributed by atoms with van der Waals surface area (Å²) >= 11 is 0. The van der Waals surface area contributed by atoms with E-state index < -0.39 is 0 Å². The van der Waals surface area contributed by atoms with Gasteiger partial charge in [-0.05, 0) is 37.6 Å². The number of benzene rings is 1. The van der Waals surface area contributed by atoms with Gasteiger partial charge in [0.1, 0.15) is 11.6 Å². The zero-order valence-corrected chi connectivity index (χ0v) is 20.0. The van der Waals surface area contributed by atoms with E-state index in [1.54, 1.807) is 24.4 Å². The van der Waals surface area contributed by atoms with Crippen LogP contribution in [-0.4, -0.2) is 60.7 Å². The van der Waals surface area contributed by atoms with E-state index in [0.717, 1.165) is 61.0 Å². The van der Waals surface area contributed by atoms with E-state index in [1.165, 1.54) is 0 Å². The van der Waals surface area contributed by atoms with Crippen molar-refractivity contribution in [1.82, 2.24) is 20.3 Å². The number of carbonyl (C=O) groups excluding carboxylic acids is 1. The fourth-order valence-electron chi connectivity index (χ4n) is 4.36. The quantitative estimate of drug-likeness (QED) is 0.476. The van der Waals surface area contributed by atoms with Gasteiger partial charge in [-0.25, -0.2) is 9.97 Å². The van der Waals surface area contributed by atoms with Gasteiger partial charge in [0.15, 0.2) is 5.82 Å². The lowest BCUT2D eigenvalue weighted by Gasteiger charge is -2.30. The fourth-order valence-corrected chi connectivity index (χ4v) is 4.36. The summed E-state index contributed by atoms with van der Waals surface area (Å²) in [5.74, 6) is 2.51. The number of hydrogen-bond donors (Lipinski definition) is 3. The second-order valence-corrected chi connectivity index (χ2v) is 8.62. The van der Waals surface area contributed by atoms with Gasteiger partial charge in [-0.2, -0.15) is 4.98 Å². The standard InChI is InChI=1S/C25H30N8O2/c1-17-16-28-25(30-19-8-7-18(15-21(19)35-2)32-13-10-26-11-14-32)31-23(17)29-20-5-3-9-27-24(20)33-12-4-6-22(33)34/h3,5,7-9,15-16,26H,4,6,10-14H2,1-2H3,(H2,28,29,30,31). The molecule has 0 unspecified atom stereocenters. The molecule has 0 saturated carbocycles. The van der Waals surface area contributed by atoms with Gasteiger partial charge in [-0.15, -0.1) is 0 Å². The number of carbonyl (C=O) groups is 1. The Labute approximate surface area is 204 Å². The predicted octanol–water partition coefficient (Wildman–Crippen LogP) is 3.21. The minimum absolute atomic E-state index is 0.0878. The van der Waals surface area contributed by atoms with Gasteiger partial charge in [-0.3, -0.25) is 9.69 Å². The van der Waals surface area contributed by atoms with Crippen molar-refractivity contribution < 1.29 is 9.53 Å². The highest BCUT2D eigenvalue weighted by atomic mass is 16.5. The molecule has 2 aliphatic rings. The first-order chi connectivity index (χ1) is 17.1. The Bertz CT molecular complexity index is 1210. The summed E-state index contributed by atoms with van der Waals surface area (Å²) in [6, 6.07) is 9.85. The number of rotatable bonds is 7. The van der Waals surface area contributed by atoms with Crippen molar-refractivity contribution in [2.24, 2.45) is 0 Å². The van der Waals surface area contributed by atoms with Crippen molar-refractivity contribution in [3.8, 4) is 5.75 Å². The Hall–Kier alpha value is -3.92. The number of nitrogens with one attached hydrogen (secondary N) is 3. The van der Waals surface area contributed by atoms with Gasteiger partial charge in [0.05, 0.1) is 18.5 Å². The largest absolute Gasteiger partial charge is 0.494 e. The molecule has 0 aliphatic carbocycles. The van der Waals surface area contributed by atoms with Crippen LogP contribution >= 0.6 is 0 Å². The summed E-state index contributed by atoms with van der Waals surface area (Å²) in [4.78, 5) is 30.0. The Morgan fingerprint density at radius 3 is 2.69 bits per heavy atom. The molecule has 0 bridgehead atoms. The number of aryl methyl sites for hydroxylation is 1. The zero-order chi connectivity index (χ0) is 24.2. The Morgan fingerprint density at radius 2 is 1.91 bits per heavy atom. The molecule has 182 valence electrons. The van der Waals surface area contributed by atoms with Crippen LogP contribution in [0, 0.1) is 6.92 Å². The number of ether oxygens (including phenoxy) is 1. The van der Waals surface area contributed by atoms with Gasteiger partial charge in [0.25, 0.3) is 0 Å². The normalized spacial score (nSPS) is 15.9. The molecule has 2 fully saturated rings. The second-order valence-electron chi connectivity index (χ2n) is 8.62. The topological polar surface area (TPSA) is 108 Å². The van der Waals surface area contributed by atoms with Gasteiger partial charge in [-0.1, -0.05) is 0 Å². The molecule has 0 spiro atoms. The van der Waals surface area contributed by atoms with Crippen LogP contribution in [0.1, 0.15) is 18.4 Å². The molecule has 0 atom stereocenters. The second kappa shape index (κ2) is 10.1. The molecule has 1 aromatic carbocycles. The smallest absolute Gasteiger partial charge is 0.229 e. The number of piperazine rings is 1. The fraction of sp³-hybridized carbons (Fsp3) is 0.360. The summed E-state index contributed by atoms with van der Waals surface area (Å²) in [6.07, 6.45) is 4.84. The molecule has 2 aliphatic heterocycles. The Kier molecular flexibility index (Phi) is 6.62. The van der Waals surface area contributed by atoms with Crippen LogP contribution in [-0.2, 0) is 4.79 Å². The lowest BCUT2D eigenvalue weighted by atomic mass is 10.2. The minimum atomic E-state index is 0.0878. The minimum Gasteiger partial charge on any atom is -0.494 e. The summed E-state index contributed by atoms with van der Waals surface area (Å²) in [5.41, 5.74) is 3.51. The maximum atomic E-state index is 12.3. The number of anilines is 6. The SMILES string of the molecule is COc1cc(N2CCNCC2)ccc1Nc1ncc(C)c(Nc2cccnc2N2CCCC2=O)n1. The van der Waals surface area contributed by atoms with E-state index in [9.17, 15) is 4.79 Å². The number of methoxy groups -OCH3 is 1. The van der Waals surface area contributed by atoms with Crippen molar-refractivity contribution >= 4 is 40.6 Å². The molecule has 35 heavy (non-hydrogen) atoms. The maximum Gasteiger partial charge on any atom is 0.229 e. The summed E-state index contributed by atoms with van der Waals surface area (Å²) < 4.78 is 5.66. The van der Waals surface area contributed by atoms with Crippen LogP contribution in [0.2, 0.25) is 0 Å². The van der Waals surface area contributed by atoms with E-state index in [2.05, 4.69) is 36.9 Å². The lowest BCUT2D eigenvalue weighted by Crippen LogP contribution is -2.43. The van der Waals surface area contributed by atoms with Crippen molar-refractivity contribution in [1.29, 1.82) is 0 Å². The van der Waals surface area contributed by atoms with Crippen LogP contribution in [0.4, 0.5) is 34.6 Å². The summed E-state index contributed by atoms with van der Waals surface area (Å²) in [6.45, 7) is 6.48. The van der Waals surface area contributed by atoms with Gasteiger partial charge >= 0.3 is 0 Å².